The van der Waals surface area contributed by atoms with E-state index in [1.807, 2.05) is 12.1 Å². The third-order valence-corrected chi connectivity index (χ3v) is 4.43. The average molecular weight is 416 g/mol. The van der Waals surface area contributed by atoms with Crippen LogP contribution in [0.5, 0.6) is 5.75 Å². The molecule has 134 valence electrons. The highest BCUT2D eigenvalue weighted by molar-refractivity contribution is 9.10. The molecule has 0 radical (unpaired) electrons. The highest BCUT2D eigenvalue weighted by Crippen LogP contribution is 2.24. The van der Waals surface area contributed by atoms with E-state index in [4.69, 9.17) is 4.74 Å². The zero-order chi connectivity index (χ0) is 18.7. The maximum absolute atomic E-state index is 12.5. The molecule has 0 unspecified atom stereocenters. The van der Waals surface area contributed by atoms with E-state index in [0.29, 0.717) is 41.0 Å². The van der Waals surface area contributed by atoms with Crippen molar-refractivity contribution < 1.29 is 9.53 Å². The second-order valence-corrected chi connectivity index (χ2v) is 6.75. The number of hydrogen-bond donors (Lipinski definition) is 2. The number of fused-ring (bicyclic) bond motifs is 1. The van der Waals surface area contributed by atoms with Crippen molar-refractivity contribution >= 4 is 32.9 Å². The number of amides is 1. The van der Waals surface area contributed by atoms with Gasteiger partial charge in [-0.25, -0.2) is 4.98 Å². The molecular formula is C19H18BrN3O3. The number of H-pyrrole nitrogens is 1. The number of carbonyl (C=O) groups is 1. The maximum atomic E-state index is 12.5. The van der Waals surface area contributed by atoms with Crippen LogP contribution in [0.2, 0.25) is 0 Å². The van der Waals surface area contributed by atoms with E-state index < -0.39 is 0 Å². The lowest BCUT2D eigenvalue weighted by Gasteiger charge is -2.10. The minimum absolute atomic E-state index is 0.0791. The molecule has 0 spiro atoms. The van der Waals surface area contributed by atoms with E-state index >= 15 is 0 Å². The SMILES string of the molecule is COc1ccc(-c2nc3c(CCNC(C)=O)cc(Br)cc3[nH]c2=O)cc1. The molecule has 0 saturated carbocycles. The summed E-state index contributed by atoms with van der Waals surface area (Å²) < 4.78 is 6.00. The van der Waals surface area contributed by atoms with E-state index in [1.54, 1.807) is 31.4 Å². The molecule has 1 amide bonds. The van der Waals surface area contributed by atoms with Gasteiger partial charge in [-0.1, -0.05) is 15.9 Å². The third kappa shape index (κ3) is 3.94. The van der Waals surface area contributed by atoms with E-state index in [9.17, 15) is 9.59 Å². The number of benzene rings is 2. The van der Waals surface area contributed by atoms with Gasteiger partial charge in [-0.05, 0) is 48.4 Å². The van der Waals surface area contributed by atoms with Crippen molar-refractivity contribution in [2.75, 3.05) is 13.7 Å². The molecule has 3 aromatic rings. The topological polar surface area (TPSA) is 84.1 Å². The largest absolute Gasteiger partial charge is 0.497 e. The fourth-order valence-corrected chi connectivity index (χ4v) is 3.24. The van der Waals surface area contributed by atoms with Crippen molar-refractivity contribution in [3.63, 3.8) is 0 Å². The van der Waals surface area contributed by atoms with Crippen molar-refractivity contribution in [1.29, 1.82) is 0 Å². The Kier molecular flexibility index (Phi) is 5.37. The van der Waals surface area contributed by atoms with Gasteiger partial charge in [-0.2, -0.15) is 0 Å². The lowest BCUT2D eigenvalue weighted by Crippen LogP contribution is -2.22. The van der Waals surface area contributed by atoms with Crippen molar-refractivity contribution in [2.24, 2.45) is 0 Å². The molecule has 2 N–H and O–H groups in total. The number of hydrogen-bond acceptors (Lipinski definition) is 4. The molecule has 0 aliphatic heterocycles. The second-order valence-electron chi connectivity index (χ2n) is 5.84. The molecule has 0 saturated heterocycles. The van der Waals surface area contributed by atoms with E-state index in [0.717, 1.165) is 10.0 Å². The van der Waals surface area contributed by atoms with Crippen LogP contribution < -0.4 is 15.6 Å². The van der Waals surface area contributed by atoms with Gasteiger partial charge in [-0.3, -0.25) is 9.59 Å². The summed E-state index contributed by atoms with van der Waals surface area (Å²) >= 11 is 3.46. The first kappa shape index (κ1) is 18.1. The summed E-state index contributed by atoms with van der Waals surface area (Å²) in [4.78, 5) is 31.1. The number of aromatic amines is 1. The van der Waals surface area contributed by atoms with Gasteiger partial charge in [-0.15, -0.1) is 0 Å². The highest BCUT2D eigenvalue weighted by atomic mass is 79.9. The van der Waals surface area contributed by atoms with Crippen LogP contribution in [0, 0.1) is 0 Å². The Bertz CT molecular complexity index is 1010. The van der Waals surface area contributed by atoms with Crippen molar-refractivity contribution in [3.05, 3.63) is 56.8 Å². The van der Waals surface area contributed by atoms with Crippen molar-refractivity contribution in [2.45, 2.75) is 13.3 Å². The first-order valence-electron chi connectivity index (χ1n) is 8.09. The van der Waals surface area contributed by atoms with Gasteiger partial charge in [0.15, 0.2) is 0 Å². The van der Waals surface area contributed by atoms with Crippen LogP contribution in [0.3, 0.4) is 0 Å². The lowest BCUT2D eigenvalue weighted by molar-refractivity contribution is -0.118. The fourth-order valence-electron chi connectivity index (χ4n) is 2.74. The zero-order valence-corrected chi connectivity index (χ0v) is 16.0. The van der Waals surface area contributed by atoms with Gasteiger partial charge in [0.05, 0.1) is 18.1 Å². The molecule has 0 fully saturated rings. The number of nitrogens with zero attached hydrogens (tertiary/aromatic N) is 1. The number of ether oxygens (including phenoxy) is 1. The molecule has 1 aromatic heterocycles. The van der Waals surface area contributed by atoms with Crippen molar-refractivity contribution in [3.8, 4) is 17.0 Å². The molecule has 0 aliphatic carbocycles. The molecule has 2 aromatic carbocycles. The molecule has 3 rings (SSSR count). The molecule has 1 heterocycles. The van der Waals surface area contributed by atoms with E-state index in [1.165, 1.54) is 6.92 Å². The Balaban J connectivity index is 2.07. The Labute approximate surface area is 158 Å². The van der Waals surface area contributed by atoms with Gasteiger partial charge >= 0.3 is 0 Å². The van der Waals surface area contributed by atoms with Crippen LogP contribution in [0.4, 0.5) is 0 Å². The van der Waals surface area contributed by atoms with Crippen LogP contribution in [0.1, 0.15) is 12.5 Å². The van der Waals surface area contributed by atoms with Crippen LogP contribution >= 0.6 is 15.9 Å². The van der Waals surface area contributed by atoms with Gasteiger partial charge in [0.1, 0.15) is 11.4 Å². The summed E-state index contributed by atoms with van der Waals surface area (Å²) in [7, 11) is 1.59. The van der Waals surface area contributed by atoms with E-state index in [-0.39, 0.29) is 11.5 Å². The van der Waals surface area contributed by atoms with Gasteiger partial charge < -0.3 is 15.0 Å². The monoisotopic (exact) mass is 415 g/mol. The number of nitrogens with one attached hydrogen (secondary N) is 2. The number of halogens is 1. The molecular weight excluding hydrogens is 398 g/mol. The van der Waals surface area contributed by atoms with E-state index in [2.05, 4.69) is 31.2 Å². The van der Waals surface area contributed by atoms with Gasteiger partial charge in [0.2, 0.25) is 5.91 Å². The number of rotatable bonds is 5. The normalized spacial score (nSPS) is 10.7. The Morgan fingerprint density at radius 2 is 2.00 bits per heavy atom. The van der Waals surface area contributed by atoms with Crippen LogP contribution in [0.15, 0.2) is 45.7 Å². The minimum Gasteiger partial charge on any atom is -0.497 e. The number of aromatic nitrogens is 2. The minimum atomic E-state index is -0.256. The quantitative estimate of drug-likeness (QED) is 0.670. The summed E-state index contributed by atoms with van der Waals surface area (Å²) in [6.45, 7) is 1.98. The second kappa shape index (κ2) is 7.70. The van der Waals surface area contributed by atoms with Gasteiger partial charge in [0, 0.05) is 23.5 Å². The van der Waals surface area contributed by atoms with Crippen LogP contribution in [-0.2, 0) is 11.2 Å². The predicted molar refractivity (Wildman–Crippen MR) is 104 cm³/mol. The Morgan fingerprint density at radius 3 is 2.65 bits per heavy atom. The first-order valence-corrected chi connectivity index (χ1v) is 8.88. The molecule has 0 atom stereocenters. The molecule has 0 bridgehead atoms. The predicted octanol–water partition coefficient (Wildman–Crippen LogP) is 3.04. The van der Waals surface area contributed by atoms with Crippen molar-refractivity contribution in [1.82, 2.24) is 15.3 Å². The summed E-state index contributed by atoms with van der Waals surface area (Å²) in [5, 5.41) is 2.78. The number of methoxy groups -OCH3 is 1. The number of carbonyl (C=O) groups excluding carboxylic acids is 1. The first-order chi connectivity index (χ1) is 12.5. The summed E-state index contributed by atoms with van der Waals surface area (Å²) in [5.41, 5.74) is 3.11. The Morgan fingerprint density at radius 1 is 1.27 bits per heavy atom. The average Bonchev–Trinajstić information content (AvgIpc) is 2.61. The molecule has 0 aliphatic rings. The third-order valence-electron chi connectivity index (χ3n) is 3.97. The van der Waals surface area contributed by atoms with Gasteiger partial charge in [0.25, 0.3) is 5.56 Å². The maximum Gasteiger partial charge on any atom is 0.274 e. The lowest BCUT2D eigenvalue weighted by atomic mass is 10.1. The molecule has 26 heavy (non-hydrogen) atoms. The van der Waals surface area contributed by atoms with Crippen LogP contribution in [-0.4, -0.2) is 29.5 Å². The fraction of sp³-hybridized carbons (Fsp3) is 0.211. The molecule has 6 nitrogen and oxygen atoms in total. The summed E-state index contributed by atoms with van der Waals surface area (Å²) in [5.74, 6) is 0.635. The smallest absolute Gasteiger partial charge is 0.274 e. The highest BCUT2D eigenvalue weighted by Gasteiger charge is 2.12. The standard InChI is InChI=1S/C19H18BrN3O3/c1-11(24)21-8-7-13-9-14(20)10-16-17(13)23-18(19(25)22-16)12-3-5-15(26-2)6-4-12/h3-6,9-10H,7-8H2,1-2H3,(H,21,24)(H,22,25). The van der Waals surface area contributed by atoms with Crippen LogP contribution in [0.25, 0.3) is 22.3 Å². The zero-order valence-electron chi connectivity index (χ0n) is 14.4. The summed E-state index contributed by atoms with van der Waals surface area (Å²) in [6, 6.07) is 11.0. The molecule has 7 heteroatoms. The Hall–Kier alpha value is -2.67. The summed E-state index contributed by atoms with van der Waals surface area (Å²) in [6.07, 6.45) is 0.608.